The van der Waals surface area contributed by atoms with E-state index in [1.165, 1.54) is 0 Å². The van der Waals surface area contributed by atoms with Gasteiger partial charge in [-0.1, -0.05) is 30.3 Å². The number of ether oxygens (including phenoxy) is 1. The van der Waals surface area contributed by atoms with Gasteiger partial charge in [0.05, 0.1) is 19.2 Å². The second kappa shape index (κ2) is 9.95. The number of piperazine rings is 1. The van der Waals surface area contributed by atoms with Gasteiger partial charge in [0.2, 0.25) is 5.91 Å². The molecule has 174 valence electrons. The molecule has 2 N–H and O–H groups in total. The lowest BCUT2D eigenvalue weighted by molar-refractivity contribution is -0.125. The first kappa shape index (κ1) is 21.9. The lowest BCUT2D eigenvalue weighted by Crippen LogP contribution is -2.58. The average Bonchev–Trinajstić information content (AvgIpc) is 3.25. The molecule has 0 aliphatic carbocycles. The molecule has 2 aromatic rings. The quantitative estimate of drug-likeness (QED) is 0.635. The first-order valence-electron chi connectivity index (χ1n) is 11.9. The predicted molar refractivity (Wildman–Crippen MR) is 131 cm³/mol. The molecule has 7 heteroatoms. The molecule has 0 radical (unpaired) electrons. The number of anilines is 1. The zero-order chi connectivity index (χ0) is 22.6. The van der Waals surface area contributed by atoms with Crippen LogP contribution in [0.15, 0.2) is 60.8 Å². The van der Waals surface area contributed by atoms with E-state index in [0.29, 0.717) is 13.3 Å². The monoisotopic (exact) mass is 447 g/mol. The van der Waals surface area contributed by atoms with Crippen LogP contribution in [0, 0.1) is 5.92 Å². The van der Waals surface area contributed by atoms with Crippen LogP contribution in [0.25, 0.3) is 5.57 Å². The van der Waals surface area contributed by atoms with Gasteiger partial charge in [-0.3, -0.25) is 10.1 Å². The Balaban J connectivity index is 1.22. The summed E-state index contributed by atoms with van der Waals surface area (Å²) in [5.41, 5.74) is 3.15. The number of nitrogens with one attached hydrogen (secondary N) is 2. The van der Waals surface area contributed by atoms with Gasteiger partial charge in [-0.25, -0.2) is 0 Å². The van der Waals surface area contributed by atoms with Crippen molar-refractivity contribution in [3.63, 3.8) is 0 Å². The number of hydrogen-bond donors (Lipinski definition) is 2. The summed E-state index contributed by atoms with van der Waals surface area (Å²) >= 11 is 0. The van der Waals surface area contributed by atoms with Crippen LogP contribution in [0.2, 0.25) is 0 Å². The average molecular weight is 448 g/mol. The highest BCUT2D eigenvalue weighted by Gasteiger charge is 2.43. The van der Waals surface area contributed by atoms with Gasteiger partial charge in [0.25, 0.3) is 0 Å². The Morgan fingerprint density at radius 2 is 1.76 bits per heavy atom. The Morgan fingerprint density at radius 3 is 2.52 bits per heavy atom. The third-order valence-corrected chi connectivity index (χ3v) is 6.81. The molecule has 0 saturated carbocycles. The van der Waals surface area contributed by atoms with E-state index in [0.717, 1.165) is 61.7 Å². The van der Waals surface area contributed by atoms with E-state index in [1.807, 2.05) is 30.3 Å². The van der Waals surface area contributed by atoms with Crippen molar-refractivity contribution < 1.29 is 9.53 Å². The van der Waals surface area contributed by atoms with E-state index in [2.05, 4.69) is 62.8 Å². The number of hydrogen-bond acceptors (Lipinski definition) is 6. The topological polar surface area (TPSA) is 60.1 Å². The fourth-order valence-electron chi connectivity index (χ4n) is 4.88. The van der Waals surface area contributed by atoms with Gasteiger partial charge in [0, 0.05) is 44.6 Å². The Bertz CT molecular complexity index is 970. The number of carbonyl (C=O) groups is 1. The molecule has 0 spiro atoms. The van der Waals surface area contributed by atoms with Crippen LogP contribution in [0.5, 0.6) is 5.75 Å². The molecule has 2 saturated heterocycles. The van der Waals surface area contributed by atoms with Crippen LogP contribution in [-0.4, -0.2) is 74.9 Å². The van der Waals surface area contributed by atoms with Crippen molar-refractivity contribution in [1.29, 1.82) is 0 Å². The number of rotatable bonds is 7. The second-order valence-corrected chi connectivity index (χ2v) is 9.04. The van der Waals surface area contributed by atoms with Gasteiger partial charge in [-0.2, -0.15) is 0 Å². The zero-order valence-electron chi connectivity index (χ0n) is 19.2. The normalized spacial score (nSPS) is 23.7. The number of likely N-dealkylation sites (N-methyl/N-ethyl adjacent to an activating group) is 1. The van der Waals surface area contributed by atoms with Gasteiger partial charge in [0.15, 0.2) is 0 Å². The van der Waals surface area contributed by atoms with Crippen molar-refractivity contribution in [2.45, 2.75) is 12.6 Å². The molecule has 2 atom stereocenters. The van der Waals surface area contributed by atoms with E-state index >= 15 is 0 Å². The summed E-state index contributed by atoms with van der Waals surface area (Å²) in [6, 6.07) is 18.4. The van der Waals surface area contributed by atoms with Crippen LogP contribution in [0.1, 0.15) is 12.0 Å². The molecular weight excluding hydrogens is 414 g/mol. The lowest BCUT2D eigenvalue weighted by atomic mass is 9.91. The molecule has 5 rings (SSSR count). The minimum atomic E-state index is -0.255. The molecule has 3 aliphatic rings. The van der Waals surface area contributed by atoms with Gasteiger partial charge >= 0.3 is 0 Å². The van der Waals surface area contributed by atoms with E-state index in [1.54, 1.807) is 0 Å². The van der Waals surface area contributed by atoms with Crippen LogP contribution in [0.3, 0.4) is 0 Å². The molecule has 2 unspecified atom stereocenters. The standard InChI is InChI=1S/C26H33N5O2/c1-29-13-15-30(16-14-29)12-5-17-33-22-10-8-20(9-11-22)23-18-31(21-6-3-2-4-7-21)25-24(23)26(32)28-19-27-25/h2-4,6-11,18,24-25,27H,5,12-17,19H2,1H3,(H,28,32). The Hall–Kier alpha value is -2.87. The molecular formula is C26H33N5O2. The number of para-hydroxylation sites is 1. The van der Waals surface area contributed by atoms with E-state index < -0.39 is 0 Å². The first-order chi connectivity index (χ1) is 16.2. The smallest absolute Gasteiger partial charge is 0.232 e. The minimum Gasteiger partial charge on any atom is -0.494 e. The molecule has 33 heavy (non-hydrogen) atoms. The molecule has 2 aromatic carbocycles. The molecule has 3 aliphatic heterocycles. The van der Waals surface area contributed by atoms with Crippen molar-refractivity contribution in [1.82, 2.24) is 20.4 Å². The fourth-order valence-corrected chi connectivity index (χ4v) is 4.88. The predicted octanol–water partition coefficient (Wildman–Crippen LogP) is 2.18. The second-order valence-electron chi connectivity index (χ2n) is 9.04. The maximum atomic E-state index is 12.8. The maximum Gasteiger partial charge on any atom is 0.232 e. The fraction of sp³-hybridized carbons (Fsp3) is 0.423. The number of carbonyl (C=O) groups excluding carboxylic acids is 1. The maximum absolute atomic E-state index is 12.8. The number of nitrogens with zero attached hydrogens (tertiary/aromatic N) is 3. The SMILES string of the molecule is CN1CCN(CCCOc2ccc(C3=CN(c4ccccc4)C4NCNC(=O)C34)cc2)CC1. The van der Waals surface area contributed by atoms with Crippen molar-refractivity contribution >= 4 is 17.2 Å². The van der Waals surface area contributed by atoms with Crippen molar-refractivity contribution in [3.05, 3.63) is 66.4 Å². The summed E-state index contributed by atoms with van der Waals surface area (Å²) < 4.78 is 6.00. The molecule has 0 aromatic heterocycles. The number of amides is 1. The number of benzene rings is 2. The highest BCUT2D eigenvalue weighted by Crippen LogP contribution is 2.38. The van der Waals surface area contributed by atoms with Gasteiger partial charge in [-0.15, -0.1) is 0 Å². The summed E-state index contributed by atoms with van der Waals surface area (Å²) in [7, 11) is 2.18. The van der Waals surface area contributed by atoms with E-state index in [-0.39, 0.29) is 18.0 Å². The zero-order valence-corrected chi connectivity index (χ0v) is 19.2. The molecule has 0 bridgehead atoms. The Labute approximate surface area is 196 Å². The Morgan fingerprint density at radius 1 is 1.00 bits per heavy atom. The number of fused-ring (bicyclic) bond motifs is 1. The van der Waals surface area contributed by atoms with Crippen LogP contribution < -0.4 is 20.3 Å². The van der Waals surface area contributed by atoms with Crippen LogP contribution in [-0.2, 0) is 4.79 Å². The molecule has 7 nitrogen and oxygen atoms in total. The van der Waals surface area contributed by atoms with Crippen molar-refractivity contribution in [2.24, 2.45) is 5.92 Å². The highest BCUT2D eigenvalue weighted by atomic mass is 16.5. The van der Waals surface area contributed by atoms with Gasteiger partial charge in [0.1, 0.15) is 11.9 Å². The molecule has 1 amide bonds. The Kier molecular flexibility index (Phi) is 6.62. The summed E-state index contributed by atoms with van der Waals surface area (Å²) in [6.45, 7) is 6.86. The minimum absolute atomic E-state index is 0.0627. The molecule has 2 fully saturated rings. The van der Waals surface area contributed by atoms with E-state index in [9.17, 15) is 4.79 Å². The molecule has 3 heterocycles. The highest BCUT2D eigenvalue weighted by molar-refractivity contribution is 5.96. The summed E-state index contributed by atoms with van der Waals surface area (Å²) in [5.74, 6) is 0.681. The summed E-state index contributed by atoms with van der Waals surface area (Å²) in [4.78, 5) is 19.8. The van der Waals surface area contributed by atoms with Gasteiger partial charge < -0.3 is 24.8 Å². The first-order valence-corrected chi connectivity index (χ1v) is 11.9. The van der Waals surface area contributed by atoms with Crippen molar-refractivity contribution in [3.8, 4) is 5.75 Å². The summed E-state index contributed by atoms with van der Waals surface area (Å²) in [6.07, 6.45) is 3.05. The van der Waals surface area contributed by atoms with E-state index in [4.69, 9.17) is 4.74 Å². The van der Waals surface area contributed by atoms with Crippen LogP contribution in [0.4, 0.5) is 5.69 Å². The van der Waals surface area contributed by atoms with Gasteiger partial charge in [-0.05, 0) is 48.9 Å². The van der Waals surface area contributed by atoms with Crippen molar-refractivity contribution in [2.75, 3.05) is 57.9 Å². The third kappa shape index (κ3) is 4.90. The lowest BCUT2D eigenvalue weighted by Gasteiger charge is -2.34. The van der Waals surface area contributed by atoms with Crippen LogP contribution >= 0.6 is 0 Å². The summed E-state index contributed by atoms with van der Waals surface area (Å²) in [5, 5.41) is 6.40. The third-order valence-electron chi connectivity index (χ3n) is 6.81. The largest absolute Gasteiger partial charge is 0.494 e.